The van der Waals surface area contributed by atoms with E-state index in [1.807, 2.05) is 0 Å². The maximum Gasteiger partial charge on any atom is 0.305 e. The fourth-order valence-electron chi connectivity index (χ4n) is 3.89. The Labute approximate surface area is 162 Å². The van der Waals surface area contributed by atoms with E-state index < -0.39 is 5.97 Å². The molecule has 8 heteroatoms. The number of hydrogen-bond donors (Lipinski definition) is 2. The van der Waals surface area contributed by atoms with Crippen molar-refractivity contribution in [2.45, 2.75) is 50.4 Å². The van der Waals surface area contributed by atoms with E-state index in [2.05, 4.69) is 5.32 Å². The van der Waals surface area contributed by atoms with Gasteiger partial charge in [0.25, 0.3) is 5.91 Å². The third-order valence-corrected chi connectivity index (χ3v) is 5.63. The predicted octanol–water partition coefficient (Wildman–Crippen LogP) is 1.89. The van der Waals surface area contributed by atoms with E-state index in [-0.39, 0.29) is 49.0 Å². The zero-order valence-electron chi connectivity index (χ0n) is 15.7. The van der Waals surface area contributed by atoms with Crippen LogP contribution in [-0.4, -0.2) is 59.7 Å². The summed E-state index contributed by atoms with van der Waals surface area (Å²) in [5.74, 6) is -0.602. The van der Waals surface area contributed by atoms with Gasteiger partial charge in [-0.05, 0) is 43.9 Å². The Hall–Kier alpha value is -2.61. The van der Waals surface area contributed by atoms with E-state index in [1.54, 1.807) is 30.1 Å². The van der Waals surface area contributed by atoms with Gasteiger partial charge >= 0.3 is 5.97 Å². The summed E-state index contributed by atoms with van der Waals surface area (Å²) in [7, 11) is 1.73. The third kappa shape index (κ3) is 3.82. The molecule has 1 saturated heterocycles. The van der Waals surface area contributed by atoms with Gasteiger partial charge in [0.05, 0.1) is 24.1 Å². The Kier molecular flexibility index (Phi) is 4.97. The summed E-state index contributed by atoms with van der Waals surface area (Å²) in [6, 6.07) is 4.88. The fraction of sp³-hybridized carbons (Fsp3) is 0.550. The molecule has 2 fully saturated rings. The van der Waals surface area contributed by atoms with E-state index in [9.17, 15) is 14.4 Å². The highest BCUT2D eigenvalue weighted by molar-refractivity contribution is 6.00. The van der Waals surface area contributed by atoms with Gasteiger partial charge in [-0.25, -0.2) is 0 Å². The number of ether oxygens (including phenoxy) is 2. The van der Waals surface area contributed by atoms with E-state index in [0.29, 0.717) is 29.8 Å². The average Bonchev–Trinajstić information content (AvgIpc) is 3.50. The molecule has 0 unspecified atom stereocenters. The van der Waals surface area contributed by atoms with E-state index in [4.69, 9.17) is 14.6 Å². The fourth-order valence-corrected chi connectivity index (χ4v) is 3.89. The summed E-state index contributed by atoms with van der Waals surface area (Å²) in [4.78, 5) is 37.7. The Morgan fingerprint density at radius 2 is 2.04 bits per heavy atom. The normalized spacial score (nSPS) is 27.0. The zero-order valence-corrected chi connectivity index (χ0v) is 15.7. The van der Waals surface area contributed by atoms with Gasteiger partial charge in [-0.3, -0.25) is 14.4 Å². The number of nitrogens with one attached hydrogen (secondary N) is 1. The van der Waals surface area contributed by atoms with Crippen LogP contribution in [0.15, 0.2) is 18.2 Å². The summed E-state index contributed by atoms with van der Waals surface area (Å²) in [6.07, 6.45) is 2.25. The Balaban J connectivity index is 1.53. The van der Waals surface area contributed by atoms with Crippen molar-refractivity contribution in [3.05, 3.63) is 23.8 Å². The molecule has 4 rings (SSSR count). The summed E-state index contributed by atoms with van der Waals surface area (Å²) in [5.41, 5.74) is 0.988. The lowest BCUT2D eigenvalue weighted by Crippen LogP contribution is -2.53. The van der Waals surface area contributed by atoms with Crippen LogP contribution < -0.4 is 10.1 Å². The molecule has 0 bridgehead atoms. The molecule has 0 aromatic heterocycles. The van der Waals surface area contributed by atoms with Crippen molar-refractivity contribution >= 4 is 23.5 Å². The first-order chi connectivity index (χ1) is 13.4. The molecule has 3 aliphatic rings. The lowest BCUT2D eigenvalue weighted by atomic mass is 9.94. The molecule has 2 heterocycles. The second kappa shape index (κ2) is 7.43. The van der Waals surface area contributed by atoms with Crippen LogP contribution in [0.2, 0.25) is 0 Å². The standard InChI is InChI=1S/C20H24N2O6/c1-22-15-6-5-13(9-18(23)24)28-17(15)10-27-16-7-4-12(8-14(16)20(22)26)21-19(25)11-2-3-11/h4,7-8,11,13,15,17H,2-3,5-6,9-10H2,1H3,(H,21,25)(H,23,24)/t13-,15-,17+/m0/s1. The number of anilines is 1. The number of benzene rings is 1. The molecular formula is C20H24N2O6. The highest BCUT2D eigenvalue weighted by atomic mass is 16.5. The van der Waals surface area contributed by atoms with E-state index >= 15 is 0 Å². The third-order valence-electron chi connectivity index (χ3n) is 5.63. The van der Waals surface area contributed by atoms with Crippen molar-refractivity contribution in [2.24, 2.45) is 5.92 Å². The number of carboxylic acid groups (broad SMARTS) is 1. The van der Waals surface area contributed by atoms with Gasteiger partial charge in [-0.15, -0.1) is 0 Å². The molecule has 2 aliphatic heterocycles. The van der Waals surface area contributed by atoms with Gasteiger partial charge in [0.1, 0.15) is 18.5 Å². The summed E-state index contributed by atoms with van der Waals surface area (Å²) in [5, 5.41) is 11.9. The van der Waals surface area contributed by atoms with E-state index in [1.165, 1.54) is 0 Å². The number of likely N-dealkylation sites (N-methyl/N-ethyl adjacent to an activating group) is 1. The first-order valence-corrected chi connectivity index (χ1v) is 9.64. The lowest BCUT2D eigenvalue weighted by molar-refractivity contribution is -0.148. The Bertz CT molecular complexity index is 806. The Morgan fingerprint density at radius 3 is 2.75 bits per heavy atom. The number of amides is 2. The van der Waals surface area contributed by atoms with Crippen molar-refractivity contribution in [3.63, 3.8) is 0 Å². The van der Waals surface area contributed by atoms with Crippen LogP contribution in [0.25, 0.3) is 0 Å². The monoisotopic (exact) mass is 388 g/mol. The molecule has 1 aliphatic carbocycles. The maximum absolute atomic E-state index is 13.1. The number of aliphatic carboxylic acids is 1. The SMILES string of the molecule is CN1C(=O)c2cc(NC(=O)C3CC3)ccc2OC[C@H]2O[C@H](CC(=O)O)CC[C@@H]21. The number of nitrogens with zero attached hydrogens (tertiary/aromatic N) is 1. The van der Waals surface area contributed by atoms with Crippen molar-refractivity contribution < 1.29 is 29.0 Å². The molecule has 1 saturated carbocycles. The topological polar surface area (TPSA) is 105 Å². The second-order valence-electron chi connectivity index (χ2n) is 7.74. The number of fused-ring (bicyclic) bond motifs is 2. The molecule has 150 valence electrons. The molecule has 28 heavy (non-hydrogen) atoms. The largest absolute Gasteiger partial charge is 0.490 e. The molecule has 3 atom stereocenters. The van der Waals surface area contributed by atoms with Crippen LogP contribution >= 0.6 is 0 Å². The zero-order chi connectivity index (χ0) is 19.8. The Morgan fingerprint density at radius 1 is 1.25 bits per heavy atom. The molecule has 1 aromatic carbocycles. The van der Waals surface area contributed by atoms with Gasteiger partial charge in [0, 0.05) is 18.7 Å². The molecule has 0 radical (unpaired) electrons. The van der Waals surface area contributed by atoms with Gasteiger partial charge < -0.3 is 24.8 Å². The maximum atomic E-state index is 13.1. The first-order valence-electron chi connectivity index (χ1n) is 9.64. The number of carboxylic acids is 1. The van der Waals surface area contributed by atoms with Gasteiger partial charge in [0.15, 0.2) is 0 Å². The van der Waals surface area contributed by atoms with Gasteiger partial charge in [0.2, 0.25) is 5.91 Å². The lowest BCUT2D eigenvalue weighted by Gasteiger charge is -2.42. The van der Waals surface area contributed by atoms with Crippen LogP contribution in [0, 0.1) is 5.92 Å². The number of hydrogen-bond acceptors (Lipinski definition) is 5. The smallest absolute Gasteiger partial charge is 0.305 e. The van der Waals surface area contributed by atoms with Crippen LogP contribution in [0.4, 0.5) is 5.69 Å². The quantitative estimate of drug-likeness (QED) is 0.816. The second-order valence-corrected chi connectivity index (χ2v) is 7.74. The van der Waals surface area contributed by atoms with Gasteiger partial charge in [-0.1, -0.05) is 0 Å². The predicted molar refractivity (Wildman–Crippen MR) is 99.3 cm³/mol. The number of rotatable bonds is 4. The van der Waals surface area contributed by atoms with Crippen molar-refractivity contribution in [2.75, 3.05) is 19.0 Å². The minimum Gasteiger partial charge on any atom is -0.490 e. The summed E-state index contributed by atoms with van der Waals surface area (Å²) in [6.45, 7) is 0.235. The van der Waals surface area contributed by atoms with Crippen LogP contribution in [0.5, 0.6) is 5.75 Å². The highest BCUT2D eigenvalue weighted by Gasteiger charge is 2.39. The minimum absolute atomic E-state index is 0.0160. The molecule has 8 nitrogen and oxygen atoms in total. The van der Waals surface area contributed by atoms with Crippen LogP contribution in [-0.2, 0) is 14.3 Å². The molecular weight excluding hydrogens is 364 g/mol. The van der Waals surface area contributed by atoms with E-state index in [0.717, 1.165) is 12.8 Å². The average molecular weight is 388 g/mol. The van der Waals surface area contributed by atoms with Crippen molar-refractivity contribution in [3.8, 4) is 5.75 Å². The summed E-state index contributed by atoms with van der Waals surface area (Å²) < 4.78 is 11.8. The molecule has 0 spiro atoms. The van der Waals surface area contributed by atoms with Crippen LogP contribution in [0.3, 0.4) is 0 Å². The number of carbonyl (C=O) groups excluding carboxylic acids is 2. The molecule has 2 amide bonds. The summed E-state index contributed by atoms with van der Waals surface area (Å²) >= 11 is 0. The minimum atomic E-state index is -0.897. The van der Waals surface area contributed by atoms with Crippen molar-refractivity contribution in [1.82, 2.24) is 4.90 Å². The molecule has 2 N–H and O–H groups in total. The highest BCUT2D eigenvalue weighted by Crippen LogP contribution is 2.34. The molecule has 1 aromatic rings. The number of carbonyl (C=O) groups is 3. The van der Waals surface area contributed by atoms with Crippen LogP contribution in [0.1, 0.15) is 42.5 Å². The van der Waals surface area contributed by atoms with Crippen molar-refractivity contribution in [1.29, 1.82) is 0 Å². The van der Waals surface area contributed by atoms with Gasteiger partial charge in [-0.2, -0.15) is 0 Å². The first kappa shape index (κ1) is 18.7.